The van der Waals surface area contributed by atoms with Crippen LogP contribution in [0.2, 0.25) is 0 Å². The highest BCUT2D eigenvalue weighted by Crippen LogP contribution is 2.37. The van der Waals surface area contributed by atoms with Crippen LogP contribution in [0.4, 0.5) is 16.2 Å². The maximum Gasteiger partial charge on any atom is 0.322 e. The van der Waals surface area contributed by atoms with Crippen LogP contribution < -0.4 is 19.7 Å². The molecule has 4 heterocycles. The zero-order valence-electron chi connectivity index (χ0n) is 22.0. The fourth-order valence-electron chi connectivity index (χ4n) is 6.29. The highest BCUT2D eigenvalue weighted by Gasteiger charge is 2.35. The van der Waals surface area contributed by atoms with Crippen molar-refractivity contribution in [3.63, 3.8) is 0 Å². The van der Waals surface area contributed by atoms with Crippen molar-refractivity contribution < 1.29 is 19.0 Å². The first kappa shape index (κ1) is 24.4. The van der Waals surface area contributed by atoms with E-state index in [2.05, 4.69) is 47.2 Å². The van der Waals surface area contributed by atoms with Crippen LogP contribution in [0.5, 0.6) is 11.5 Å². The maximum atomic E-state index is 13.3. The number of nitrogens with one attached hydrogen (secondary N) is 1. The van der Waals surface area contributed by atoms with Gasteiger partial charge in [-0.3, -0.25) is 4.90 Å². The second-order valence-corrected chi connectivity index (χ2v) is 11.2. The second-order valence-electron chi connectivity index (χ2n) is 11.2. The van der Waals surface area contributed by atoms with Crippen LogP contribution in [-0.4, -0.2) is 81.0 Å². The van der Waals surface area contributed by atoms with Gasteiger partial charge in [-0.25, -0.2) is 4.79 Å². The third kappa shape index (κ3) is 5.09. The summed E-state index contributed by atoms with van der Waals surface area (Å²) in [5.74, 6) is 1.40. The molecule has 37 heavy (non-hydrogen) atoms. The number of hydrogen-bond donors (Lipinski definition) is 1. The lowest BCUT2D eigenvalue weighted by Crippen LogP contribution is -2.49. The van der Waals surface area contributed by atoms with E-state index in [1.54, 1.807) is 0 Å². The van der Waals surface area contributed by atoms with Crippen LogP contribution in [0.3, 0.4) is 0 Å². The van der Waals surface area contributed by atoms with Crippen molar-refractivity contribution in [2.75, 3.05) is 69.4 Å². The molecule has 0 atom stereocenters. The zero-order chi connectivity index (χ0) is 25.4. The molecule has 1 N–H and O–H groups in total. The number of fused-ring (bicyclic) bond motifs is 2. The molecule has 0 unspecified atom stereocenters. The number of carbonyl (C=O) groups is 1. The summed E-state index contributed by atoms with van der Waals surface area (Å²) in [5.41, 5.74) is 4.43. The van der Waals surface area contributed by atoms with Gasteiger partial charge in [0, 0.05) is 68.2 Å². The first-order valence-corrected chi connectivity index (χ1v) is 13.6. The summed E-state index contributed by atoms with van der Waals surface area (Å²) in [6.45, 7) is 12.8. The number of rotatable bonds is 3. The molecule has 4 aliphatic rings. The van der Waals surface area contributed by atoms with E-state index in [0.29, 0.717) is 38.1 Å². The standard InChI is InChI=1S/C29H38N4O4/c1-29(2)20-33(28(34)30-22-3-6-26-27(18-22)37-16-15-36-26)19-21-17-24(4-5-25(21)29)31-9-7-23(8-10-31)32-11-13-35-14-12-32/h3-6,17-18,23H,7-16,19-20H2,1-2H3,(H,30,34). The average molecular weight is 507 g/mol. The molecule has 2 amide bonds. The summed E-state index contributed by atoms with van der Waals surface area (Å²) in [6, 6.07) is 13.0. The monoisotopic (exact) mass is 506 g/mol. The Morgan fingerprint density at radius 1 is 0.919 bits per heavy atom. The van der Waals surface area contributed by atoms with Crippen molar-refractivity contribution in [2.45, 2.75) is 44.7 Å². The van der Waals surface area contributed by atoms with Gasteiger partial charge in [0.2, 0.25) is 0 Å². The summed E-state index contributed by atoms with van der Waals surface area (Å²) in [7, 11) is 0. The fraction of sp³-hybridized carbons (Fsp3) is 0.552. The molecule has 0 saturated carbocycles. The molecule has 2 fully saturated rings. The van der Waals surface area contributed by atoms with Crippen LogP contribution in [-0.2, 0) is 16.7 Å². The minimum atomic E-state index is -0.125. The predicted octanol–water partition coefficient (Wildman–Crippen LogP) is 4.08. The third-order valence-electron chi connectivity index (χ3n) is 8.24. The zero-order valence-corrected chi connectivity index (χ0v) is 22.0. The molecule has 198 valence electrons. The summed E-state index contributed by atoms with van der Waals surface area (Å²) >= 11 is 0. The lowest BCUT2D eigenvalue weighted by Gasteiger charge is -2.42. The average Bonchev–Trinajstić information content (AvgIpc) is 2.93. The normalized spacial score (nSPS) is 21.9. The number of nitrogens with zero attached hydrogens (tertiary/aromatic N) is 3. The second kappa shape index (κ2) is 10.1. The van der Waals surface area contributed by atoms with Gasteiger partial charge in [-0.15, -0.1) is 0 Å². The first-order valence-electron chi connectivity index (χ1n) is 13.6. The Bertz CT molecular complexity index is 1140. The van der Waals surface area contributed by atoms with Crippen molar-refractivity contribution in [1.82, 2.24) is 9.80 Å². The molecule has 2 saturated heterocycles. The lowest BCUT2D eigenvalue weighted by atomic mass is 9.78. The minimum Gasteiger partial charge on any atom is -0.486 e. The Morgan fingerprint density at radius 3 is 2.46 bits per heavy atom. The number of amides is 2. The van der Waals surface area contributed by atoms with Crippen LogP contribution in [0, 0.1) is 0 Å². The number of hydrogen-bond acceptors (Lipinski definition) is 6. The van der Waals surface area contributed by atoms with Gasteiger partial charge in [0.15, 0.2) is 11.5 Å². The van der Waals surface area contributed by atoms with E-state index >= 15 is 0 Å². The van der Waals surface area contributed by atoms with Crippen LogP contribution in [0.1, 0.15) is 37.8 Å². The molecule has 0 aliphatic carbocycles. The number of anilines is 2. The van der Waals surface area contributed by atoms with E-state index in [1.807, 2.05) is 23.1 Å². The van der Waals surface area contributed by atoms with E-state index in [9.17, 15) is 4.79 Å². The van der Waals surface area contributed by atoms with Gasteiger partial charge >= 0.3 is 6.03 Å². The van der Waals surface area contributed by atoms with Crippen molar-refractivity contribution in [3.05, 3.63) is 47.5 Å². The topological polar surface area (TPSA) is 66.5 Å². The lowest BCUT2D eigenvalue weighted by molar-refractivity contribution is 0.0115. The van der Waals surface area contributed by atoms with E-state index in [1.165, 1.54) is 29.7 Å². The molecule has 8 nitrogen and oxygen atoms in total. The molecule has 8 heteroatoms. The number of piperidine rings is 1. The van der Waals surface area contributed by atoms with Gasteiger partial charge in [0.25, 0.3) is 0 Å². The maximum absolute atomic E-state index is 13.3. The Balaban J connectivity index is 1.13. The van der Waals surface area contributed by atoms with E-state index in [4.69, 9.17) is 14.2 Å². The molecule has 0 aromatic heterocycles. The van der Waals surface area contributed by atoms with Crippen LogP contribution in [0.15, 0.2) is 36.4 Å². The molecule has 4 aliphatic heterocycles. The molecule has 2 aromatic rings. The van der Waals surface area contributed by atoms with Gasteiger partial charge < -0.3 is 29.3 Å². The number of urea groups is 1. The Kier molecular flexibility index (Phi) is 6.63. The Labute approximate surface area is 219 Å². The highest BCUT2D eigenvalue weighted by molar-refractivity contribution is 5.90. The fourth-order valence-corrected chi connectivity index (χ4v) is 6.29. The van der Waals surface area contributed by atoms with Crippen LogP contribution in [0.25, 0.3) is 0 Å². The number of carbonyl (C=O) groups excluding carboxylic acids is 1. The first-order chi connectivity index (χ1) is 18.0. The van der Waals surface area contributed by atoms with Gasteiger partial charge in [-0.2, -0.15) is 0 Å². The molecular weight excluding hydrogens is 468 g/mol. The molecule has 0 bridgehead atoms. The molecule has 0 spiro atoms. The summed E-state index contributed by atoms with van der Waals surface area (Å²) in [5, 5.41) is 3.07. The number of benzene rings is 2. The van der Waals surface area contributed by atoms with E-state index in [-0.39, 0.29) is 11.4 Å². The van der Waals surface area contributed by atoms with Crippen molar-refractivity contribution in [2.24, 2.45) is 0 Å². The largest absolute Gasteiger partial charge is 0.486 e. The van der Waals surface area contributed by atoms with E-state index in [0.717, 1.165) is 50.8 Å². The van der Waals surface area contributed by atoms with Gasteiger partial charge in [0.1, 0.15) is 13.2 Å². The van der Waals surface area contributed by atoms with Crippen molar-refractivity contribution in [3.8, 4) is 11.5 Å². The van der Waals surface area contributed by atoms with Gasteiger partial charge in [-0.05, 0) is 48.2 Å². The predicted molar refractivity (Wildman–Crippen MR) is 144 cm³/mol. The molecular formula is C29H38N4O4. The summed E-state index contributed by atoms with van der Waals surface area (Å²) in [6.07, 6.45) is 2.37. The number of morpholine rings is 1. The van der Waals surface area contributed by atoms with Gasteiger partial charge in [-0.1, -0.05) is 19.9 Å². The molecule has 6 rings (SSSR count). The quantitative estimate of drug-likeness (QED) is 0.677. The van der Waals surface area contributed by atoms with Crippen LogP contribution >= 0.6 is 0 Å². The highest BCUT2D eigenvalue weighted by atomic mass is 16.6. The van der Waals surface area contributed by atoms with Gasteiger partial charge in [0.05, 0.1) is 13.2 Å². The summed E-state index contributed by atoms with van der Waals surface area (Å²) in [4.78, 5) is 20.4. The van der Waals surface area contributed by atoms with Crippen molar-refractivity contribution in [1.29, 1.82) is 0 Å². The Hall–Kier alpha value is -2.97. The molecule has 0 radical (unpaired) electrons. The number of ether oxygens (including phenoxy) is 3. The van der Waals surface area contributed by atoms with E-state index < -0.39 is 0 Å². The Morgan fingerprint density at radius 2 is 1.68 bits per heavy atom. The smallest absolute Gasteiger partial charge is 0.322 e. The van der Waals surface area contributed by atoms with Crippen molar-refractivity contribution >= 4 is 17.4 Å². The molecule has 2 aromatic carbocycles. The third-order valence-corrected chi connectivity index (χ3v) is 8.24. The SMILES string of the molecule is CC1(C)CN(C(=O)Nc2ccc3c(c2)OCCO3)Cc2cc(N3CCC(N4CCOCC4)CC3)ccc21. The minimum absolute atomic E-state index is 0.0906. The summed E-state index contributed by atoms with van der Waals surface area (Å²) < 4.78 is 16.8.